The number of hydrogen-bond donors (Lipinski definition) is 1. The molecule has 2 nitrogen and oxygen atoms in total. The summed E-state index contributed by atoms with van der Waals surface area (Å²) in [5, 5.41) is 9.31. The molecule has 0 radical (unpaired) electrons. The number of benzene rings is 1. The summed E-state index contributed by atoms with van der Waals surface area (Å²) in [6.45, 7) is 3.88. The van der Waals surface area contributed by atoms with E-state index < -0.39 is 11.4 Å². The fraction of sp³-hybridized carbons (Fsp3) is 0.462. The maximum absolute atomic E-state index is 11.3. The molecule has 1 atom stereocenters. The molecule has 0 fully saturated rings. The van der Waals surface area contributed by atoms with Gasteiger partial charge in [-0.15, -0.1) is 0 Å². The van der Waals surface area contributed by atoms with Gasteiger partial charge in [-0.2, -0.15) is 0 Å². The van der Waals surface area contributed by atoms with Crippen LogP contribution in [0.5, 0.6) is 0 Å². The second-order valence-electron chi connectivity index (χ2n) is 4.11. The molecular weight excluding hydrogens is 228 g/mol. The van der Waals surface area contributed by atoms with Gasteiger partial charge in [-0.25, -0.2) is 0 Å². The van der Waals surface area contributed by atoms with Gasteiger partial charge in [0.15, 0.2) is 0 Å². The number of unbranched alkanes of at least 4 members (excludes halogenated alkanes) is 1. The quantitative estimate of drug-likeness (QED) is 0.812. The van der Waals surface area contributed by atoms with E-state index in [4.69, 9.17) is 0 Å². The summed E-state index contributed by atoms with van der Waals surface area (Å²) >= 11 is 0. The molecule has 0 amide bonds. The molecule has 0 saturated carbocycles. The fourth-order valence-corrected chi connectivity index (χ4v) is 1.71. The Morgan fingerprint density at radius 3 is 2.31 bits per heavy atom. The molecule has 16 heavy (non-hydrogen) atoms. The molecule has 1 aromatic rings. The molecule has 0 aliphatic rings. The minimum absolute atomic E-state index is 0. The third kappa shape index (κ3) is 3.76. The summed E-state index contributed by atoms with van der Waals surface area (Å²) in [4.78, 5) is 11.3. The number of hydrogen-bond acceptors (Lipinski definition) is 1. The van der Waals surface area contributed by atoms with Crippen LogP contribution in [0.2, 0.25) is 0 Å². The summed E-state index contributed by atoms with van der Waals surface area (Å²) in [5.74, 6) is -0.734. The van der Waals surface area contributed by atoms with E-state index in [1.807, 2.05) is 30.3 Å². The zero-order valence-corrected chi connectivity index (χ0v) is 9.36. The van der Waals surface area contributed by atoms with Crippen molar-refractivity contribution in [3.8, 4) is 0 Å². The van der Waals surface area contributed by atoms with Crippen molar-refractivity contribution < 1.29 is 9.90 Å². The fourth-order valence-electron chi connectivity index (χ4n) is 1.71. The van der Waals surface area contributed by atoms with Crippen LogP contribution in [0.15, 0.2) is 30.3 Å². The standard InChI is InChI=1S/C13H18O2.Ca.2H/c1-3-4-10-13(2,12(14)15)11-8-6-5-7-9-11;;;/h5-9H,3-4,10H2,1-2H3,(H,14,15);;;. The average Bonchev–Trinajstić information content (AvgIpc) is 2.27. The summed E-state index contributed by atoms with van der Waals surface area (Å²) in [5.41, 5.74) is 0.156. The molecule has 1 unspecified atom stereocenters. The van der Waals surface area contributed by atoms with E-state index in [0.29, 0.717) is 6.42 Å². The van der Waals surface area contributed by atoms with Crippen LogP contribution in [0.4, 0.5) is 0 Å². The molecule has 86 valence electrons. The number of carbonyl (C=O) groups is 1. The van der Waals surface area contributed by atoms with Crippen molar-refractivity contribution in [2.75, 3.05) is 0 Å². The number of aliphatic carboxylic acids is 1. The van der Waals surface area contributed by atoms with Gasteiger partial charge in [0.25, 0.3) is 0 Å². The van der Waals surface area contributed by atoms with E-state index in [1.165, 1.54) is 0 Å². The van der Waals surface area contributed by atoms with Gasteiger partial charge in [-0.3, -0.25) is 4.79 Å². The zero-order chi connectivity index (χ0) is 11.3. The molecule has 1 aromatic carbocycles. The monoisotopic (exact) mass is 248 g/mol. The van der Waals surface area contributed by atoms with E-state index in [9.17, 15) is 9.90 Å². The first-order chi connectivity index (χ1) is 7.11. The van der Waals surface area contributed by atoms with E-state index in [1.54, 1.807) is 6.92 Å². The van der Waals surface area contributed by atoms with Gasteiger partial charge in [-0.05, 0) is 18.9 Å². The molecule has 1 N–H and O–H groups in total. The maximum atomic E-state index is 11.3. The van der Waals surface area contributed by atoms with Crippen LogP contribution in [0.3, 0.4) is 0 Å². The summed E-state index contributed by atoms with van der Waals surface area (Å²) in [6.07, 6.45) is 2.66. The van der Waals surface area contributed by atoms with Crippen LogP contribution in [0, 0.1) is 0 Å². The Kier molecular flexibility index (Phi) is 7.29. The Labute approximate surface area is 127 Å². The molecule has 0 bridgehead atoms. The normalized spacial score (nSPS) is 13.6. The average molecular weight is 248 g/mol. The number of rotatable bonds is 5. The van der Waals surface area contributed by atoms with E-state index in [-0.39, 0.29) is 37.7 Å². The third-order valence-corrected chi connectivity index (χ3v) is 2.91. The van der Waals surface area contributed by atoms with Crippen molar-refractivity contribution >= 4 is 43.7 Å². The predicted molar refractivity (Wildman–Crippen MR) is 69.5 cm³/mol. The Hall–Kier alpha value is -0.0503. The van der Waals surface area contributed by atoms with Gasteiger partial charge in [0.1, 0.15) is 0 Å². The number of carboxylic acid groups (broad SMARTS) is 1. The third-order valence-electron chi connectivity index (χ3n) is 2.91. The molecule has 0 aliphatic carbocycles. The molecule has 1 rings (SSSR count). The van der Waals surface area contributed by atoms with Gasteiger partial charge in [0.2, 0.25) is 0 Å². The first-order valence-corrected chi connectivity index (χ1v) is 5.40. The van der Waals surface area contributed by atoms with Crippen molar-refractivity contribution in [1.82, 2.24) is 0 Å². The molecule has 0 spiro atoms. The van der Waals surface area contributed by atoms with Gasteiger partial charge in [0.05, 0.1) is 5.41 Å². The van der Waals surface area contributed by atoms with Crippen LogP contribution < -0.4 is 0 Å². The summed E-state index contributed by atoms with van der Waals surface area (Å²) < 4.78 is 0. The zero-order valence-electron chi connectivity index (χ0n) is 9.36. The van der Waals surface area contributed by atoms with Crippen molar-refractivity contribution in [2.45, 2.75) is 38.5 Å². The van der Waals surface area contributed by atoms with Crippen LogP contribution in [0.25, 0.3) is 0 Å². The molecule has 0 saturated heterocycles. The molecule has 0 aliphatic heterocycles. The first kappa shape index (κ1) is 15.9. The number of carboxylic acids is 1. The van der Waals surface area contributed by atoms with Gasteiger partial charge in [0, 0.05) is 0 Å². The van der Waals surface area contributed by atoms with Gasteiger partial charge >= 0.3 is 43.7 Å². The van der Waals surface area contributed by atoms with Crippen LogP contribution in [-0.2, 0) is 10.2 Å². The second kappa shape index (κ2) is 7.31. The molecule has 3 heteroatoms. The Morgan fingerprint density at radius 2 is 1.88 bits per heavy atom. The van der Waals surface area contributed by atoms with Gasteiger partial charge < -0.3 is 5.11 Å². The van der Waals surface area contributed by atoms with Crippen LogP contribution >= 0.6 is 0 Å². The van der Waals surface area contributed by atoms with Crippen LogP contribution in [-0.4, -0.2) is 48.8 Å². The summed E-state index contributed by atoms with van der Waals surface area (Å²) in [7, 11) is 0. The van der Waals surface area contributed by atoms with Crippen LogP contribution in [0.1, 0.15) is 38.7 Å². The first-order valence-electron chi connectivity index (χ1n) is 5.40. The second-order valence-corrected chi connectivity index (χ2v) is 4.11. The molecule has 0 heterocycles. The van der Waals surface area contributed by atoms with Crippen molar-refractivity contribution in [3.63, 3.8) is 0 Å². The van der Waals surface area contributed by atoms with E-state index >= 15 is 0 Å². The van der Waals surface area contributed by atoms with Crippen molar-refractivity contribution in [3.05, 3.63) is 35.9 Å². The SMILES string of the molecule is CCCCC(C)(C(=O)O)c1ccccc1.[CaH2]. The van der Waals surface area contributed by atoms with Crippen molar-refractivity contribution in [2.24, 2.45) is 0 Å². The van der Waals surface area contributed by atoms with E-state index in [0.717, 1.165) is 18.4 Å². The predicted octanol–water partition coefficient (Wildman–Crippen LogP) is 2.30. The Balaban J connectivity index is 0.00000225. The topological polar surface area (TPSA) is 37.3 Å². The summed E-state index contributed by atoms with van der Waals surface area (Å²) in [6, 6.07) is 9.48. The van der Waals surface area contributed by atoms with Crippen molar-refractivity contribution in [1.29, 1.82) is 0 Å². The Morgan fingerprint density at radius 1 is 1.31 bits per heavy atom. The van der Waals surface area contributed by atoms with Gasteiger partial charge in [-0.1, -0.05) is 50.1 Å². The van der Waals surface area contributed by atoms with E-state index in [2.05, 4.69) is 6.92 Å². The molecule has 0 aromatic heterocycles. The minimum atomic E-state index is -0.739. The molecular formula is C13H20CaO2. The Bertz CT molecular complexity index is 324.